The molecule has 2 fully saturated rings. The number of fused-ring (bicyclic) bond motifs is 3. The molecule has 0 aliphatic carbocycles. The van der Waals surface area contributed by atoms with Gasteiger partial charge in [0.1, 0.15) is 0 Å². The number of rotatable bonds is 4. The molecule has 0 bridgehead atoms. The number of halogens is 1. The van der Waals surface area contributed by atoms with Gasteiger partial charge in [-0.25, -0.2) is 0 Å². The summed E-state index contributed by atoms with van der Waals surface area (Å²) in [7, 11) is 0. The van der Waals surface area contributed by atoms with Crippen LogP contribution in [-0.4, -0.2) is 65.1 Å². The second-order valence-corrected chi connectivity index (χ2v) is 13.1. The molecule has 2 aromatic carbocycles. The summed E-state index contributed by atoms with van der Waals surface area (Å²) in [5.41, 5.74) is 3.76. The van der Waals surface area contributed by atoms with Crippen LogP contribution in [0.2, 0.25) is 5.02 Å². The maximum Gasteiger partial charge on any atom is 0.256 e. The van der Waals surface area contributed by atoms with Gasteiger partial charge in [0.2, 0.25) is 5.91 Å². The molecule has 0 saturated carbocycles. The Labute approximate surface area is 241 Å². The Balaban J connectivity index is 1.19. The normalized spacial score (nSPS) is 20.8. The third-order valence-corrected chi connectivity index (χ3v) is 8.75. The summed E-state index contributed by atoms with van der Waals surface area (Å²) in [5, 5.41) is 1.50. The Morgan fingerprint density at radius 2 is 1.82 bits per heavy atom. The van der Waals surface area contributed by atoms with Crippen LogP contribution in [0.5, 0.6) is 0 Å². The minimum absolute atomic E-state index is 0.0266. The Morgan fingerprint density at radius 1 is 1.05 bits per heavy atom. The number of ether oxygens (including phenoxy) is 2. The summed E-state index contributed by atoms with van der Waals surface area (Å²) in [6, 6.07) is 14.1. The van der Waals surface area contributed by atoms with Crippen LogP contribution in [0.25, 0.3) is 10.9 Å². The zero-order valence-electron chi connectivity index (χ0n) is 23.6. The van der Waals surface area contributed by atoms with Gasteiger partial charge in [-0.15, -0.1) is 0 Å². The Hall–Kier alpha value is -2.87. The van der Waals surface area contributed by atoms with Crippen molar-refractivity contribution in [2.75, 3.05) is 32.8 Å². The first-order chi connectivity index (χ1) is 19.1. The van der Waals surface area contributed by atoms with Gasteiger partial charge in [-0.1, -0.05) is 62.7 Å². The molecule has 4 heterocycles. The molecule has 1 aromatic heterocycles. The van der Waals surface area contributed by atoms with Crippen LogP contribution in [0, 0.1) is 5.41 Å². The van der Waals surface area contributed by atoms with E-state index in [1.165, 1.54) is 11.1 Å². The summed E-state index contributed by atoms with van der Waals surface area (Å²) in [6.45, 7) is 10.4. The fraction of sp³-hybridized carbons (Fsp3) is 0.500. The van der Waals surface area contributed by atoms with Gasteiger partial charge < -0.3 is 23.8 Å². The highest BCUT2D eigenvalue weighted by Crippen LogP contribution is 2.44. The minimum Gasteiger partial charge on any atom is -0.373 e. The molecule has 0 radical (unpaired) electrons. The lowest BCUT2D eigenvalue weighted by molar-refractivity contribution is -0.141. The van der Waals surface area contributed by atoms with Crippen LogP contribution in [-0.2, 0) is 33.0 Å². The molecule has 2 amide bonds. The third-order valence-electron chi connectivity index (χ3n) is 8.52. The van der Waals surface area contributed by atoms with Crippen molar-refractivity contribution >= 4 is 34.3 Å². The minimum atomic E-state index is -0.288. The number of nitrogens with zero attached hydrogens (tertiary/aromatic N) is 3. The fourth-order valence-corrected chi connectivity index (χ4v) is 6.63. The van der Waals surface area contributed by atoms with Crippen LogP contribution in [0.4, 0.5) is 0 Å². The number of amides is 2. The summed E-state index contributed by atoms with van der Waals surface area (Å²) in [5.74, 6) is 0.188. The number of carbonyl (C=O) groups is 2. The van der Waals surface area contributed by atoms with Gasteiger partial charge in [0.15, 0.2) is 0 Å². The predicted octanol–water partition coefficient (Wildman–Crippen LogP) is 5.62. The number of aromatic nitrogens is 1. The molecule has 0 N–H and O–H groups in total. The molecule has 8 heteroatoms. The summed E-state index contributed by atoms with van der Waals surface area (Å²) >= 11 is 6.40. The van der Waals surface area contributed by atoms with Crippen molar-refractivity contribution in [1.82, 2.24) is 14.4 Å². The van der Waals surface area contributed by atoms with Crippen molar-refractivity contribution in [2.45, 2.75) is 64.9 Å². The summed E-state index contributed by atoms with van der Waals surface area (Å²) < 4.78 is 14.5. The number of morpholine rings is 1. The molecule has 1 atom stereocenters. The van der Waals surface area contributed by atoms with Gasteiger partial charge in [-0.3, -0.25) is 9.59 Å². The van der Waals surface area contributed by atoms with Crippen LogP contribution in [0.15, 0.2) is 48.7 Å². The first-order valence-electron chi connectivity index (χ1n) is 14.3. The number of benzene rings is 2. The van der Waals surface area contributed by atoms with E-state index in [4.69, 9.17) is 21.1 Å². The van der Waals surface area contributed by atoms with Crippen molar-refractivity contribution in [3.05, 3.63) is 70.4 Å². The number of carbonyl (C=O) groups excluding carboxylic acids is 2. The molecule has 40 heavy (non-hydrogen) atoms. The van der Waals surface area contributed by atoms with Gasteiger partial charge in [0.25, 0.3) is 5.91 Å². The molecule has 3 aliphatic heterocycles. The smallest absolute Gasteiger partial charge is 0.256 e. The highest BCUT2D eigenvalue weighted by atomic mass is 35.5. The zero-order chi connectivity index (χ0) is 28.1. The molecular formula is C32H38ClN3O4. The molecule has 3 aromatic rings. The van der Waals surface area contributed by atoms with E-state index in [1.54, 1.807) is 0 Å². The maximum absolute atomic E-state index is 13.9. The second-order valence-electron chi connectivity index (χ2n) is 12.7. The number of likely N-dealkylation sites (tertiary alicyclic amines) is 1. The number of hydrogen-bond acceptors (Lipinski definition) is 4. The molecule has 1 unspecified atom stereocenters. The largest absolute Gasteiger partial charge is 0.373 e. The molecule has 7 nitrogen and oxygen atoms in total. The highest BCUT2D eigenvalue weighted by molar-refractivity contribution is 6.31. The Bertz CT molecular complexity index is 1430. The van der Waals surface area contributed by atoms with Gasteiger partial charge in [0, 0.05) is 49.2 Å². The molecular weight excluding hydrogens is 526 g/mol. The predicted molar refractivity (Wildman–Crippen MR) is 155 cm³/mol. The zero-order valence-corrected chi connectivity index (χ0v) is 24.4. The van der Waals surface area contributed by atoms with E-state index in [-0.39, 0.29) is 28.9 Å². The van der Waals surface area contributed by atoms with Crippen molar-refractivity contribution in [2.24, 2.45) is 5.41 Å². The van der Waals surface area contributed by atoms with Gasteiger partial charge in [0.05, 0.1) is 42.5 Å². The van der Waals surface area contributed by atoms with Crippen LogP contribution in [0.3, 0.4) is 0 Å². The summed E-state index contributed by atoms with van der Waals surface area (Å²) in [4.78, 5) is 30.6. The van der Waals surface area contributed by atoms with E-state index in [0.717, 1.165) is 23.7 Å². The third kappa shape index (κ3) is 5.27. The first-order valence-corrected chi connectivity index (χ1v) is 14.7. The molecule has 212 valence electrons. The average molecular weight is 564 g/mol. The Morgan fingerprint density at radius 3 is 2.60 bits per heavy atom. The molecule has 2 saturated heterocycles. The van der Waals surface area contributed by atoms with E-state index in [1.807, 2.05) is 34.2 Å². The molecule has 6 rings (SSSR count). The lowest BCUT2D eigenvalue weighted by atomic mass is 9.83. The van der Waals surface area contributed by atoms with Gasteiger partial charge >= 0.3 is 0 Å². The molecule has 3 aliphatic rings. The van der Waals surface area contributed by atoms with Crippen molar-refractivity contribution < 1.29 is 19.1 Å². The SMILES string of the molecule is CC(C)(C)CC(=O)N1CCOC(Cn2cc(C(=O)N3CCC4(CC3)OCc3ccccc34)c3ccc(Cl)cc32)C1. The van der Waals surface area contributed by atoms with Crippen LogP contribution >= 0.6 is 11.6 Å². The van der Waals surface area contributed by atoms with E-state index in [0.29, 0.717) is 62.9 Å². The first kappa shape index (κ1) is 27.3. The monoisotopic (exact) mass is 563 g/mol. The van der Waals surface area contributed by atoms with Crippen molar-refractivity contribution in [1.29, 1.82) is 0 Å². The number of piperidine rings is 1. The van der Waals surface area contributed by atoms with E-state index < -0.39 is 0 Å². The second kappa shape index (κ2) is 10.5. The maximum atomic E-state index is 13.9. The fourth-order valence-electron chi connectivity index (χ4n) is 6.47. The number of hydrogen-bond donors (Lipinski definition) is 0. The quantitative estimate of drug-likeness (QED) is 0.413. The van der Waals surface area contributed by atoms with E-state index in [2.05, 4.69) is 49.6 Å². The van der Waals surface area contributed by atoms with Crippen molar-refractivity contribution in [3.63, 3.8) is 0 Å². The Kier molecular flexibility index (Phi) is 7.18. The van der Waals surface area contributed by atoms with Crippen molar-refractivity contribution in [3.8, 4) is 0 Å². The molecule has 1 spiro atoms. The van der Waals surface area contributed by atoms with Crippen LogP contribution in [0.1, 0.15) is 61.5 Å². The topological polar surface area (TPSA) is 64.0 Å². The van der Waals surface area contributed by atoms with E-state index >= 15 is 0 Å². The van der Waals surface area contributed by atoms with Crippen LogP contribution < -0.4 is 0 Å². The van der Waals surface area contributed by atoms with E-state index in [9.17, 15) is 9.59 Å². The van der Waals surface area contributed by atoms with Gasteiger partial charge in [-0.05, 0) is 41.5 Å². The standard InChI is InChI=1S/C32H38ClN3O4/c1-31(2,3)17-29(37)35-14-15-39-24(18-35)19-36-20-26(25-9-8-23(33)16-28(25)36)30(38)34-12-10-32(11-13-34)27-7-5-4-6-22(27)21-40-32/h4-9,16,20,24H,10-15,17-19,21H2,1-3H3. The lowest BCUT2D eigenvalue weighted by Crippen LogP contribution is -2.47. The van der Waals surface area contributed by atoms with Gasteiger partial charge in [-0.2, -0.15) is 0 Å². The lowest BCUT2D eigenvalue weighted by Gasteiger charge is -2.39. The summed E-state index contributed by atoms with van der Waals surface area (Å²) in [6.07, 6.45) is 3.86. The highest BCUT2D eigenvalue weighted by Gasteiger charge is 2.43. The average Bonchev–Trinajstić information content (AvgIpc) is 3.46.